The quantitative estimate of drug-likeness (QED) is 0.407. The molecule has 37 heavy (non-hydrogen) atoms. The maximum absolute atomic E-state index is 13.7. The van der Waals surface area contributed by atoms with E-state index in [-0.39, 0.29) is 12.0 Å². The fraction of sp³-hybridized carbons (Fsp3) is 0.286. The normalized spacial score (nSPS) is 13.6. The van der Waals surface area contributed by atoms with Crippen LogP contribution in [0.4, 0.5) is 4.79 Å². The number of nitrogens with zero attached hydrogens (tertiary/aromatic N) is 5. The molecule has 190 valence electrons. The van der Waals surface area contributed by atoms with Crippen molar-refractivity contribution in [1.82, 2.24) is 24.4 Å². The summed E-state index contributed by atoms with van der Waals surface area (Å²) in [5.41, 5.74) is 5.28. The Labute approximate surface area is 215 Å². The zero-order chi connectivity index (χ0) is 25.9. The number of carbonyl (C=O) groups excluding carboxylic acids is 2. The van der Waals surface area contributed by atoms with Gasteiger partial charge in [0.1, 0.15) is 11.4 Å². The van der Waals surface area contributed by atoms with E-state index < -0.39 is 0 Å². The third-order valence-electron chi connectivity index (χ3n) is 6.52. The Morgan fingerprint density at radius 1 is 0.919 bits per heavy atom. The number of methoxy groups -OCH3 is 1. The zero-order valence-corrected chi connectivity index (χ0v) is 21.2. The van der Waals surface area contributed by atoms with Gasteiger partial charge in [0.15, 0.2) is 5.65 Å². The Bertz CT molecular complexity index is 1420. The Morgan fingerprint density at radius 3 is 2.24 bits per heavy atom. The van der Waals surface area contributed by atoms with Crippen LogP contribution in [0.5, 0.6) is 5.75 Å². The molecule has 4 aromatic rings. The number of rotatable bonds is 5. The Morgan fingerprint density at radius 2 is 1.59 bits per heavy atom. The van der Waals surface area contributed by atoms with Crippen LogP contribution in [-0.2, 0) is 4.74 Å². The molecule has 2 aromatic carbocycles. The summed E-state index contributed by atoms with van der Waals surface area (Å²) in [5.74, 6) is 0.560. The lowest BCUT2D eigenvalue weighted by Gasteiger charge is -2.33. The molecule has 3 heterocycles. The number of hydrogen-bond donors (Lipinski definition) is 0. The van der Waals surface area contributed by atoms with E-state index in [1.807, 2.05) is 61.5 Å². The summed E-state index contributed by atoms with van der Waals surface area (Å²) in [6, 6.07) is 19.4. The number of fused-ring (bicyclic) bond motifs is 1. The molecule has 0 N–H and O–H groups in total. The summed E-state index contributed by atoms with van der Waals surface area (Å²) in [6.45, 7) is 5.70. The number of aryl methyl sites for hydroxylation is 1. The monoisotopic (exact) mass is 499 g/mol. The second-order valence-corrected chi connectivity index (χ2v) is 8.80. The largest absolute Gasteiger partial charge is 0.497 e. The highest BCUT2D eigenvalue weighted by atomic mass is 16.6. The van der Waals surface area contributed by atoms with Gasteiger partial charge in [-0.2, -0.15) is 5.10 Å². The molecule has 0 saturated carbocycles. The number of aromatic nitrogens is 3. The van der Waals surface area contributed by atoms with Crippen molar-refractivity contribution in [3.8, 4) is 28.1 Å². The molecule has 0 unspecified atom stereocenters. The van der Waals surface area contributed by atoms with Crippen LogP contribution in [0, 0.1) is 6.92 Å². The number of carbonyl (C=O) groups is 2. The standard InChI is InChI=1S/C28H29N5O4/c1-4-37-28(35)32-16-14-31(15-17-32)27(34)23-18-24(20-10-12-22(36-3)13-11-20)33-26(29-23)25(19(2)30-33)21-8-6-5-7-9-21/h5-13,18H,4,14-17H2,1-3H3. The van der Waals surface area contributed by atoms with E-state index in [2.05, 4.69) is 0 Å². The smallest absolute Gasteiger partial charge is 0.409 e. The van der Waals surface area contributed by atoms with E-state index in [0.717, 1.165) is 33.8 Å². The average molecular weight is 500 g/mol. The first kappa shape index (κ1) is 24.3. The minimum atomic E-state index is -0.349. The van der Waals surface area contributed by atoms with E-state index in [1.54, 1.807) is 34.4 Å². The third kappa shape index (κ3) is 4.72. The Kier molecular flexibility index (Phi) is 6.76. The van der Waals surface area contributed by atoms with Gasteiger partial charge in [0.2, 0.25) is 0 Å². The van der Waals surface area contributed by atoms with Gasteiger partial charge in [-0.25, -0.2) is 14.3 Å². The van der Waals surface area contributed by atoms with Gasteiger partial charge < -0.3 is 19.3 Å². The van der Waals surface area contributed by atoms with E-state index in [0.29, 0.717) is 44.1 Å². The van der Waals surface area contributed by atoms with Gasteiger partial charge >= 0.3 is 6.09 Å². The van der Waals surface area contributed by atoms with Crippen LogP contribution >= 0.6 is 0 Å². The third-order valence-corrected chi connectivity index (χ3v) is 6.52. The van der Waals surface area contributed by atoms with Gasteiger partial charge in [0, 0.05) is 37.3 Å². The van der Waals surface area contributed by atoms with E-state index >= 15 is 0 Å². The van der Waals surface area contributed by atoms with Gasteiger partial charge in [-0.1, -0.05) is 30.3 Å². The molecule has 0 atom stereocenters. The second-order valence-electron chi connectivity index (χ2n) is 8.80. The molecule has 1 aliphatic rings. The first-order valence-electron chi connectivity index (χ1n) is 12.3. The molecule has 2 aromatic heterocycles. The minimum absolute atomic E-state index is 0.182. The van der Waals surface area contributed by atoms with Crippen LogP contribution in [-0.4, -0.2) is 76.3 Å². The highest BCUT2D eigenvalue weighted by Crippen LogP contribution is 2.31. The maximum Gasteiger partial charge on any atom is 0.409 e. The fourth-order valence-corrected chi connectivity index (χ4v) is 4.61. The van der Waals surface area contributed by atoms with Gasteiger partial charge in [-0.05, 0) is 49.7 Å². The molecule has 9 heteroatoms. The Balaban J connectivity index is 1.57. The van der Waals surface area contributed by atoms with E-state index in [4.69, 9.17) is 19.6 Å². The molecular weight excluding hydrogens is 470 g/mol. The molecular formula is C28H29N5O4. The molecule has 0 spiro atoms. The predicted molar refractivity (Wildman–Crippen MR) is 140 cm³/mol. The summed E-state index contributed by atoms with van der Waals surface area (Å²) in [4.78, 5) is 33.9. The van der Waals surface area contributed by atoms with Crippen molar-refractivity contribution in [2.24, 2.45) is 0 Å². The molecule has 1 saturated heterocycles. The number of benzene rings is 2. The fourth-order valence-electron chi connectivity index (χ4n) is 4.61. The van der Waals surface area contributed by atoms with Gasteiger partial charge in [0.25, 0.3) is 5.91 Å². The van der Waals surface area contributed by atoms with Crippen molar-refractivity contribution in [2.75, 3.05) is 39.9 Å². The summed E-state index contributed by atoms with van der Waals surface area (Å²) in [6.07, 6.45) is -0.349. The van der Waals surface area contributed by atoms with Gasteiger partial charge in [-0.3, -0.25) is 4.79 Å². The summed E-state index contributed by atoms with van der Waals surface area (Å²) >= 11 is 0. The lowest BCUT2D eigenvalue weighted by molar-refractivity contribution is 0.0566. The van der Waals surface area contributed by atoms with Crippen molar-refractivity contribution in [3.63, 3.8) is 0 Å². The van der Waals surface area contributed by atoms with Crippen LogP contribution in [0.25, 0.3) is 28.0 Å². The summed E-state index contributed by atoms with van der Waals surface area (Å²) < 4.78 is 12.2. The summed E-state index contributed by atoms with van der Waals surface area (Å²) in [5, 5.41) is 4.81. The molecule has 0 aliphatic carbocycles. The summed E-state index contributed by atoms with van der Waals surface area (Å²) in [7, 11) is 1.63. The molecule has 0 radical (unpaired) electrons. The first-order chi connectivity index (χ1) is 18.0. The number of ether oxygens (including phenoxy) is 2. The van der Waals surface area contributed by atoms with Crippen molar-refractivity contribution < 1.29 is 19.1 Å². The van der Waals surface area contributed by atoms with Crippen LogP contribution in [0.3, 0.4) is 0 Å². The lowest BCUT2D eigenvalue weighted by Crippen LogP contribution is -2.50. The zero-order valence-electron chi connectivity index (χ0n) is 21.2. The van der Waals surface area contributed by atoms with E-state index in [1.165, 1.54) is 0 Å². The molecule has 2 amide bonds. The molecule has 1 aliphatic heterocycles. The number of hydrogen-bond acceptors (Lipinski definition) is 6. The van der Waals surface area contributed by atoms with Crippen molar-refractivity contribution in [2.45, 2.75) is 13.8 Å². The SMILES string of the molecule is CCOC(=O)N1CCN(C(=O)c2cc(-c3ccc(OC)cc3)n3nc(C)c(-c4ccccc4)c3n2)CC1. The average Bonchev–Trinajstić information content (AvgIpc) is 3.28. The second kappa shape index (κ2) is 10.3. The minimum Gasteiger partial charge on any atom is -0.497 e. The maximum atomic E-state index is 13.7. The molecule has 1 fully saturated rings. The number of piperazine rings is 1. The highest BCUT2D eigenvalue weighted by molar-refractivity contribution is 5.95. The van der Waals surface area contributed by atoms with Crippen LogP contribution < -0.4 is 4.74 Å². The number of amides is 2. The lowest BCUT2D eigenvalue weighted by atomic mass is 10.1. The van der Waals surface area contributed by atoms with Crippen molar-refractivity contribution in [1.29, 1.82) is 0 Å². The molecule has 5 rings (SSSR count). The highest BCUT2D eigenvalue weighted by Gasteiger charge is 2.28. The molecule has 9 nitrogen and oxygen atoms in total. The van der Waals surface area contributed by atoms with Crippen molar-refractivity contribution in [3.05, 3.63) is 72.1 Å². The van der Waals surface area contributed by atoms with Crippen LogP contribution in [0.1, 0.15) is 23.1 Å². The molecule has 0 bridgehead atoms. The van der Waals surface area contributed by atoms with Crippen LogP contribution in [0.15, 0.2) is 60.7 Å². The van der Waals surface area contributed by atoms with Crippen LogP contribution in [0.2, 0.25) is 0 Å². The van der Waals surface area contributed by atoms with Gasteiger partial charge in [0.05, 0.1) is 25.1 Å². The predicted octanol–water partition coefficient (Wildman–Crippen LogP) is 4.29. The van der Waals surface area contributed by atoms with Gasteiger partial charge in [-0.15, -0.1) is 0 Å². The Hall–Kier alpha value is -4.40. The topological polar surface area (TPSA) is 89.3 Å². The first-order valence-corrected chi connectivity index (χ1v) is 12.3. The van der Waals surface area contributed by atoms with Crippen molar-refractivity contribution >= 4 is 17.6 Å². The van der Waals surface area contributed by atoms with E-state index in [9.17, 15) is 9.59 Å².